The molecule has 116 valence electrons. The largest absolute Gasteiger partial charge is 0.484 e. The molecule has 1 amide bonds. The zero-order valence-corrected chi connectivity index (χ0v) is 12.6. The first-order valence-electron chi connectivity index (χ1n) is 6.67. The monoisotopic (exact) mass is 330 g/mol. The van der Waals surface area contributed by atoms with Crippen molar-refractivity contribution in [2.75, 3.05) is 18.7 Å². The molecule has 1 aliphatic heterocycles. The van der Waals surface area contributed by atoms with Gasteiger partial charge in [0.2, 0.25) is 6.79 Å². The third-order valence-electron chi connectivity index (χ3n) is 3.09. The second kappa shape index (κ2) is 6.46. The maximum atomic E-state index is 11.9. The Morgan fingerprint density at radius 2 is 2.09 bits per heavy atom. The minimum absolute atomic E-state index is 0.169. The Labute approximate surface area is 137 Å². The van der Waals surface area contributed by atoms with E-state index in [1.165, 1.54) is 12.1 Å². The fourth-order valence-corrected chi connectivity index (χ4v) is 2.22. The van der Waals surface area contributed by atoms with Crippen LogP contribution in [-0.2, 0) is 4.79 Å². The number of amides is 1. The minimum atomic E-state index is -0.344. The van der Waals surface area contributed by atoms with Crippen molar-refractivity contribution in [3.05, 3.63) is 47.0 Å². The van der Waals surface area contributed by atoms with E-state index < -0.39 is 0 Å². The molecule has 0 unspecified atom stereocenters. The lowest BCUT2D eigenvalue weighted by Crippen LogP contribution is -2.20. The van der Waals surface area contributed by atoms with E-state index in [4.69, 9.17) is 31.1 Å². The van der Waals surface area contributed by atoms with E-state index in [2.05, 4.69) is 5.32 Å². The van der Waals surface area contributed by atoms with E-state index in [1.807, 2.05) is 6.07 Å². The topological polar surface area (TPSA) is 80.6 Å². The normalized spacial score (nSPS) is 11.7. The molecule has 3 rings (SSSR count). The standard InChI is InChI=1S/C16H11ClN2O4/c17-13-5-11(2-1-10(13)7-18)19-16(20)8-21-12-3-4-14-15(6-12)23-9-22-14/h1-6H,8-9H2,(H,19,20). The van der Waals surface area contributed by atoms with Gasteiger partial charge in [-0.15, -0.1) is 0 Å². The molecule has 0 fully saturated rings. The van der Waals surface area contributed by atoms with Gasteiger partial charge in [0, 0.05) is 11.8 Å². The summed E-state index contributed by atoms with van der Waals surface area (Å²) in [4.78, 5) is 11.9. The average molecular weight is 331 g/mol. The molecule has 0 radical (unpaired) electrons. The number of fused-ring (bicyclic) bond motifs is 1. The number of rotatable bonds is 4. The second-order valence-electron chi connectivity index (χ2n) is 4.66. The molecular formula is C16H11ClN2O4. The van der Waals surface area contributed by atoms with Crippen molar-refractivity contribution in [3.8, 4) is 23.3 Å². The van der Waals surface area contributed by atoms with E-state index in [9.17, 15) is 4.79 Å². The van der Waals surface area contributed by atoms with Gasteiger partial charge >= 0.3 is 0 Å². The summed E-state index contributed by atoms with van der Waals surface area (Å²) in [6.07, 6.45) is 0. The summed E-state index contributed by atoms with van der Waals surface area (Å²) in [5.74, 6) is 1.39. The molecule has 0 atom stereocenters. The zero-order valence-electron chi connectivity index (χ0n) is 11.8. The van der Waals surface area contributed by atoms with Crippen molar-refractivity contribution >= 4 is 23.2 Å². The summed E-state index contributed by atoms with van der Waals surface area (Å²) in [7, 11) is 0. The molecule has 7 heteroatoms. The number of nitrogens with one attached hydrogen (secondary N) is 1. The van der Waals surface area contributed by atoms with E-state index in [0.717, 1.165) is 0 Å². The highest BCUT2D eigenvalue weighted by Crippen LogP contribution is 2.35. The van der Waals surface area contributed by atoms with Crippen molar-refractivity contribution in [1.29, 1.82) is 5.26 Å². The number of anilines is 1. The molecule has 1 aliphatic rings. The Hall–Kier alpha value is -2.91. The molecule has 0 spiro atoms. The maximum absolute atomic E-state index is 11.9. The molecule has 1 N–H and O–H groups in total. The van der Waals surface area contributed by atoms with Crippen LogP contribution < -0.4 is 19.5 Å². The molecule has 0 aliphatic carbocycles. The van der Waals surface area contributed by atoms with Crippen molar-refractivity contribution < 1.29 is 19.0 Å². The molecule has 0 saturated heterocycles. The Kier molecular flexibility index (Phi) is 4.22. The Morgan fingerprint density at radius 3 is 2.87 bits per heavy atom. The van der Waals surface area contributed by atoms with Crippen molar-refractivity contribution in [3.63, 3.8) is 0 Å². The number of carbonyl (C=O) groups excluding carboxylic acids is 1. The third-order valence-corrected chi connectivity index (χ3v) is 3.40. The van der Waals surface area contributed by atoms with Gasteiger partial charge in [0.05, 0.1) is 10.6 Å². The number of halogens is 1. The van der Waals surface area contributed by atoms with Crippen LogP contribution in [0.2, 0.25) is 5.02 Å². The molecule has 1 heterocycles. The molecule has 0 bridgehead atoms. The van der Waals surface area contributed by atoms with Gasteiger partial charge in [0.25, 0.3) is 5.91 Å². The van der Waals surface area contributed by atoms with Gasteiger partial charge < -0.3 is 19.5 Å². The summed E-state index contributed by atoms with van der Waals surface area (Å²) in [6.45, 7) is 0.00991. The van der Waals surface area contributed by atoms with Crippen LogP contribution in [-0.4, -0.2) is 19.3 Å². The van der Waals surface area contributed by atoms with Gasteiger partial charge in [0.15, 0.2) is 18.1 Å². The lowest BCUT2D eigenvalue weighted by molar-refractivity contribution is -0.118. The summed E-state index contributed by atoms with van der Waals surface area (Å²) >= 11 is 5.91. The fourth-order valence-electron chi connectivity index (χ4n) is 2.00. The quantitative estimate of drug-likeness (QED) is 0.932. The van der Waals surface area contributed by atoms with Gasteiger partial charge in [-0.25, -0.2) is 0 Å². The number of carbonyl (C=O) groups is 1. The van der Waals surface area contributed by atoms with Crippen LogP contribution in [0.15, 0.2) is 36.4 Å². The maximum Gasteiger partial charge on any atom is 0.262 e. The van der Waals surface area contributed by atoms with E-state index >= 15 is 0 Å². The summed E-state index contributed by atoms with van der Waals surface area (Å²) in [6, 6.07) is 11.7. The SMILES string of the molecule is N#Cc1ccc(NC(=O)COc2ccc3c(c2)OCO3)cc1Cl. The van der Waals surface area contributed by atoms with Crippen LogP contribution in [0.25, 0.3) is 0 Å². The molecule has 2 aromatic rings. The first kappa shape index (κ1) is 15.0. The lowest BCUT2D eigenvalue weighted by atomic mass is 10.2. The highest BCUT2D eigenvalue weighted by Gasteiger charge is 2.14. The molecular weight excluding hydrogens is 320 g/mol. The Morgan fingerprint density at radius 1 is 1.26 bits per heavy atom. The van der Waals surface area contributed by atoms with E-state index in [0.29, 0.717) is 28.5 Å². The fraction of sp³-hybridized carbons (Fsp3) is 0.125. The molecule has 0 aromatic heterocycles. The summed E-state index contributed by atoms with van der Waals surface area (Å²) in [5, 5.41) is 11.7. The van der Waals surface area contributed by atoms with Gasteiger partial charge in [-0.05, 0) is 30.3 Å². The van der Waals surface area contributed by atoms with Gasteiger partial charge in [-0.3, -0.25) is 4.79 Å². The van der Waals surface area contributed by atoms with Crippen LogP contribution in [0.1, 0.15) is 5.56 Å². The second-order valence-corrected chi connectivity index (χ2v) is 5.07. The predicted molar refractivity (Wildman–Crippen MR) is 82.9 cm³/mol. The number of hydrogen-bond donors (Lipinski definition) is 1. The van der Waals surface area contributed by atoms with Gasteiger partial charge in [-0.2, -0.15) is 5.26 Å². The first-order valence-corrected chi connectivity index (χ1v) is 7.05. The van der Waals surface area contributed by atoms with Crippen LogP contribution in [0.3, 0.4) is 0 Å². The predicted octanol–water partition coefficient (Wildman–Crippen LogP) is 2.96. The third kappa shape index (κ3) is 3.47. The average Bonchev–Trinajstić information content (AvgIpc) is 3.01. The van der Waals surface area contributed by atoms with Crippen LogP contribution in [0.4, 0.5) is 5.69 Å². The molecule has 2 aromatic carbocycles. The smallest absolute Gasteiger partial charge is 0.262 e. The summed E-state index contributed by atoms with van der Waals surface area (Å²) in [5.41, 5.74) is 0.842. The number of nitrogens with zero attached hydrogens (tertiary/aromatic N) is 1. The van der Waals surface area contributed by atoms with Crippen molar-refractivity contribution in [2.45, 2.75) is 0 Å². The molecule has 0 saturated carbocycles. The molecule has 6 nitrogen and oxygen atoms in total. The highest BCUT2D eigenvalue weighted by atomic mass is 35.5. The number of benzene rings is 2. The van der Waals surface area contributed by atoms with Gasteiger partial charge in [0.1, 0.15) is 11.8 Å². The van der Waals surface area contributed by atoms with Crippen molar-refractivity contribution in [2.24, 2.45) is 0 Å². The summed E-state index contributed by atoms with van der Waals surface area (Å²) < 4.78 is 15.8. The van der Waals surface area contributed by atoms with Crippen LogP contribution >= 0.6 is 11.6 Å². The van der Waals surface area contributed by atoms with Crippen LogP contribution in [0, 0.1) is 11.3 Å². The van der Waals surface area contributed by atoms with E-state index in [-0.39, 0.29) is 24.3 Å². The number of ether oxygens (including phenoxy) is 3. The zero-order chi connectivity index (χ0) is 16.2. The highest BCUT2D eigenvalue weighted by molar-refractivity contribution is 6.32. The minimum Gasteiger partial charge on any atom is -0.484 e. The van der Waals surface area contributed by atoms with Gasteiger partial charge in [-0.1, -0.05) is 11.6 Å². The Bertz CT molecular complexity index is 801. The lowest BCUT2D eigenvalue weighted by Gasteiger charge is -2.08. The molecule has 23 heavy (non-hydrogen) atoms. The Balaban J connectivity index is 1.57. The van der Waals surface area contributed by atoms with Crippen LogP contribution in [0.5, 0.6) is 17.2 Å². The number of hydrogen-bond acceptors (Lipinski definition) is 5. The van der Waals surface area contributed by atoms with Crippen molar-refractivity contribution in [1.82, 2.24) is 0 Å². The first-order chi connectivity index (χ1) is 11.2. The van der Waals surface area contributed by atoms with E-state index in [1.54, 1.807) is 24.3 Å². The number of nitriles is 1.